The summed E-state index contributed by atoms with van der Waals surface area (Å²) in [5, 5.41) is 6.80. The van der Waals surface area contributed by atoms with Crippen molar-refractivity contribution >= 4 is 38.9 Å². The summed E-state index contributed by atoms with van der Waals surface area (Å²) >= 11 is 11.0. The zero-order valence-corrected chi connectivity index (χ0v) is 15.8. The molecule has 0 aliphatic rings. The maximum Gasteiger partial charge on any atom is 0.241 e. The number of hydrogen-bond acceptors (Lipinski definition) is 5. The number of hydrogen-bond donors (Lipinski definition) is 0. The van der Waals surface area contributed by atoms with Crippen LogP contribution in [0.4, 0.5) is 0 Å². The molecule has 1 aromatic carbocycles. The van der Waals surface area contributed by atoms with Crippen LogP contribution in [0.25, 0.3) is 10.7 Å². The van der Waals surface area contributed by atoms with Crippen molar-refractivity contribution in [2.75, 3.05) is 7.05 Å². The van der Waals surface area contributed by atoms with Crippen LogP contribution in [0.1, 0.15) is 24.4 Å². The maximum absolute atomic E-state index is 5.94. The van der Waals surface area contributed by atoms with Crippen LogP contribution in [0.3, 0.4) is 0 Å². The molecular formula is C16H15BrClN3OS. The van der Waals surface area contributed by atoms with E-state index in [0.29, 0.717) is 18.3 Å². The first-order chi connectivity index (χ1) is 11.0. The van der Waals surface area contributed by atoms with Gasteiger partial charge in [-0.05, 0) is 53.7 Å². The van der Waals surface area contributed by atoms with Crippen molar-refractivity contribution in [3.05, 3.63) is 56.7 Å². The van der Waals surface area contributed by atoms with E-state index in [1.165, 1.54) is 5.56 Å². The molecular weight excluding hydrogens is 398 g/mol. The van der Waals surface area contributed by atoms with Crippen LogP contribution in [-0.4, -0.2) is 22.1 Å². The molecule has 0 unspecified atom stereocenters. The molecule has 7 heteroatoms. The molecule has 2 heterocycles. The molecule has 0 aliphatic heterocycles. The van der Waals surface area contributed by atoms with Gasteiger partial charge in [0.25, 0.3) is 0 Å². The smallest absolute Gasteiger partial charge is 0.241 e. The van der Waals surface area contributed by atoms with Crippen molar-refractivity contribution in [3.63, 3.8) is 0 Å². The quantitative estimate of drug-likeness (QED) is 0.562. The van der Waals surface area contributed by atoms with Gasteiger partial charge in [0.05, 0.1) is 11.4 Å². The maximum atomic E-state index is 5.94. The van der Waals surface area contributed by atoms with E-state index in [9.17, 15) is 0 Å². The van der Waals surface area contributed by atoms with E-state index in [1.54, 1.807) is 11.3 Å². The van der Waals surface area contributed by atoms with Crippen molar-refractivity contribution < 1.29 is 4.52 Å². The molecule has 0 radical (unpaired) electrons. The first kappa shape index (κ1) is 16.6. The van der Waals surface area contributed by atoms with Crippen molar-refractivity contribution in [2.45, 2.75) is 19.5 Å². The molecule has 120 valence electrons. The van der Waals surface area contributed by atoms with E-state index >= 15 is 0 Å². The zero-order valence-electron chi connectivity index (χ0n) is 12.7. The molecule has 0 aliphatic carbocycles. The second kappa shape index (κ2) is 7.13. The summed E-state index contributed by atoms with van der Waals surface area (Å²) in [6.07, 6.45) is 0. The topological polar surface area (TPSA) is 42.2 Å². The lowest BCUT2D eigenvalue weighted by Gasteiger charge is -2.23. The van der Waals surface area contributed by atoms with Gasteiger partial charge in [-0.3, -0.25) is 4.90 Å². The number of benzene rings is 1. The van der Waals surface area contributed by atoms with Gasteiger partial charge in [0.1, 0.15) is 0 Å². The van der Waals surface area contributed by atoms with Crippen LogP contribution >= 0.6 is 38.9 Å². The second-order valence-electron chi connectivity index (χ2n) is 5.28. The van der Waals surface area contributed by atoms with E-state index < -0.39 is 0 Å². The monoisotopic (exact) mass is 411 g/mol. The highest BCUT2D eigenvalue weighted by Gasteiger charge is 2.16. The first-order valence-corrected chi connectivity index (χ1v) is 9.10. The number of nitrogens with zero attached hydrogens (tertiary/aromatic N) is 3. The van der Waals surface area contributed by atoms with Crippen molar-refractivity contribution in [2.24, 2.45) is 0 Å². The van der Waals surface area contributed by atoms with E-state index in [-0.39, 0.29) is 6.04 Å². The SMILES string of the molecule is C[C@H](c1ccc(Cl)cc1)N(C)Cc1nc(-c2cc(Br)cs2)no1. The Bertz CT molecular complexity index is 787. The van der Waals surface area contributed by atoms with Crippen LogP contribution in [0, 0.1) is 0 Å². The van der Waals surface area contributed by atoms with Crippen LogP contribution in [-0.2, 0) is 6.54 Å². The van der Waals surface area contributed by atoms with Gasteiger partial charge in [0.2, 0.25) is 11.7 Å². The third-order valence-corrected chi connectivity index (χ3v) is 5.59. The fourth-order valence-corrected chi connectivity index (χ4v) is 3.67. The Morgan fingerprint density at radius 3 is 2.74 bits per heavy atom. The van der Waals surface area contributed by atoms with Gasteiger partial charge in [0.15, 0.2) is 0 Å². The molecule has 0 bridgehead atoms. The molecule has 1 atom stereocenters. The molecule has 3 rings (SSSR count). The molecule has 3 aromatic rings. The molecule has 0 spiro atoms. The Kier molecular flexibility index (Phi) is 5.16. The molecule has 0 N–H and O–H groups in total. The van der Waals surface area contributed by atoms with E-state index in [0.717, 1.165) is 14.4 Å². The van der Waals surface area contributed by atoms with Crippen LogP contribution in [0.15, 0.2) is 44.7 Å². The molecule has 2 aromatic heterocycles. The fourth-order valence-electron chi connectivity index (χ4n) is 2.20. The highest BCUT2D eigenvalue weighted by atomic mass is 79.9. The summed E-state index contributed by atoms with van der Waals surface area (Å²) < 4.78 is 6.40. The third-order valence-electron chi connectivity index (χ3n) is 3.65. The third kappa shape index (κ3) is 4.01. The number of thiophene rings is 1. The predicted octanol–water partition coefficient (Wildman–Crippen LogP) is 5.41. The summed E-state index contributed by atoms with van der Waals surface area (Å²) in [6.45, 7) is 2.72. The van der Waals surface area contributed by atoms with Gasteiger partial charge in [-0.2, -0.15) is 4.98 Å². The Balaban J connectivity index is 1.69. The Hall–Kier alpha value is -1.21. The Labute approximate surface area is 152 Å². The molecule has 0 saturated carbocycles. The lowest BCUT2D eigenvalue weighted by atomic mass is 10.1. The minimum absolute atomic E-state index is 0.221. The van der Waals surface area contributed by atoms with Gasteiger partial charge < -0.3 is 4.52 Å². The van der Waals surface area contributed by atoms with Crippen LogP contribution in [0.2, 0.25) is 5.02 Å². The molecule has 4 nitrogen and oxygen atoms in total. The zero-order chi connectivity index (χ0) is 16.4. The van der Waals surface area contributed by atoms with Crippen LogP contribution < -0.4 is 0 Å². The number of rotatable bonds is 5. The largest absolute Gasteiger partial charge is 0.338 e. The lowest BCUT2D eigenvalue weighted by molar-refractivity contribution is 0.216. The summed E-state index contributed by atoms with van der Waals surface area (Å²) in [5.74, 6) is 1.23. The minimum atomic E-state index is 0.221. The van der Waals surface area contributed by atoms with Gasteiger partial charge in [-0.15, -0.1) is 11.3 Å². The van der Waals surface area contributed by atoms with Gasteiger partial charge in [0, 0.05) is 20.9 Å². The highest BCUT2D eigenvalue weighted by molar-refractivity contribution is 9.10. The average Bonchev–Trinajstić information content (AvgIpc) is 3.16. The number of halogens is 2. The Morgan fingerprint density at radius 2 is 2.09 bits per heavy atom. The summed E-state index contributed by atoms with van der Waals surface area (Å²) in [6, 6.07) is 10.1. The highest BCUT2D eigenvalue weighted by Crippen LogP contribution is 2.28. The van der Waals surface area contributed by atoms with Crippen molar-refractivity contribution in [1.29, 1.82) is 0 Å². The Morgan fingerprint density at radius 1 is 1.35 bits per heavy atom. The van der Waals surface area contributed by atoms with E-state index in [2.05, 4.69) is 37.9 Å². The van der Waals surface area contributed by atoms with Gasteiger partial charge >= 0.3 is 0 Å². The van der Waals surface area contributed by atoms with E-state index in [1.807, 2.05) is 42.8 Å². The standard InChI is InChI=1S/C16H15BrClN3OS/c1-10(11-3-5-13(18)6-4-11)21(2)8-15-19-16(20-22-15)14-7-12(17)9-23-14/h3-7,9-10H,8H2,1-2H3/t10-/m1/s1. The minimum Gasteiger partial charge on any atom is -0.338 e. The number of aromatic nitrogens is 2. The van der Waals surface area contributed by atoms with Gasteiger partial charge in [-0.25, -0.2) is 0 Å². The predicted molar refractivity (Wildman–Crippen MR) is 96.6 cm³/mol. The van der Waals surface area contributed by atoms with Crippen LogP contribution in [0.5, 0.6) is 0 Å². The fraction of sp³-hybridized carbons (Fsp3) is 0.250. The van der Waals surface area contributed by atoms with E-state index in [4.69, 9.17) is 16.1 Å². The molecule has 0 fully saturated rings. The normalized spacial score (nSPS) is 12.7. The van der Waals surface area contributed by atoms with Gasteiger partial charge in [-0.1, -0.05) is 28.9 Å². The second-order valence-corrected chi connectivity index (χ2v) is 7.55. The summed E-state index contributed by atoms with van der Waals surface area (Å²) in [4.78, 5) is 7.62. The molecule has 0 amide bonds. The molecule has 23 heavy (non-hydrogen) atoms. The van der Waals surface area contributed by atoms with Crippen molar-refractivity contribution in [1.82, 2.24) is 15.0 Å². The summed E-state index contributed by atoms with van der Waals surface area (Å²) in [7, 11) is 2.03. The average molecular weight is 413 g/mol. The molecule has 0 saturated heterocycles. The van der Waals surface area contributed by atoms with Crippen molar-refractivity contribution in [3.8, 4) is 10.7 Å². The summed E-state index contributed by atoms with van der Waals surface area (Å²) in [5.41, 5.74) is 1.19. The lowest BCUT2D eigenvalue weighted by Crippen LogP contribution is -2.22. The first-order valence-electron chi connectivity index (χ1n) is 7.05.